The highest BCUT2D eigenvalue weighted by Crippen LogP contribution is 2.36. The molecule has 0 saturated heterocycles. The van der Waals surface area contributed by atoms with Crippen molar-refractivity contribution < 1.29 is 4.74 Å². The van der Waals surface area contributed by atoms with Gasteiger partial charge in [-0.2, -0.15) is 5.10 Å². The number of hydrogen-bond acceptors (Lipinski definition) is 4. The van der Waals surface area contributed by atoms with E-state index >= 15 is 0 Å². The second-order valence-electron chi connectivity index (χ2n) is 5.93. The van der Waals surface area contributed by atoms with Gasteiger partial charge in [-0.15, -0.1) is 0 Å². The van der Waals surface area contributed by atoms with E-state index in [9.17, 15) is 0 Å². The number of methoxy groups -OCH3 is 1. The molecule has 2 heterocycles. The number of nitrogens with zero attached hydrogens (tertiary/aromatic N) is 3. The van der Waals surface area contributed by atoms with Gasteiger partial charge < -0.3 is 4.74 Å². The van der Waals surface area contributed by atoms with Crippen molar-refractivity contribution in [2.45, 2.75) is 12.5 Å². The third-order valence-electron chi connectivity index (χ3n) is 4.39. The van der Waals surface area contributed by atoms with Crippen LogP contribution in [0.2, 0.25) is 0 Å². The van der Waals surface area contributed by atoms with E-state index in [-0.39, 0.29) is 6.04 Å². The summed E-state index contributed by atoms with van der Waals surface area (Å²) in [6.07, 6.45) is 2.64. The number of hydrogen-bond donors (Lipinski definition) is 0. The average molecular weight is 329 g/mol. The van der Waals surface area contributed by atoms with Gasteiger partial charge in [0, 0.05) is 12.6 Å². The average Bonchev–Trinajstić information content (AvgIpc) is 3.15. The van der Waals surface area contributed by atoms with Crippen LogP contribution in [0.25, 0.3) is 0 Å². The lowest BCUT2D eigenvalue weighted by atomic mass is 10.00. The molecule has 0 aliphatic carbocycles. The molecule has 4 rings (SSSR count). The molecular formula is C21H19N3O. The molecule has 1 aliphatic heterocycles. The molecule has 0 amide bonds. The van der Waals surface area contributed by atoms with Gasteiger partial charge in [-0.1, -0.05) is 36.4 Å². The van der Waals surface area contributed by atoms with Crippen LogP contribution in [0.3, 0.4) is 0 Å². The Kier molecular flexibility index (Phi) is 4.17. The van der Waals surface area contributed by atoms with Crippen LogP contribution in [0.4, 0.5) is 5.69 Å². The van der Waals surface area contributed by atoms with E-state index < -0.39 is 0 Å². The maximum Gasteiger partial charge on any atom is 0.119 e. The van der Waals surface area contributed by atoms with E-state index in [0.717, 1.165) is 29.3 Å². The Hall–Kier alpha value is -3.14. The number of rotatable bonds is 4. The minimum absolute atomic E-state index is 0.159. The van der Waals surface area contributed by atoms with Crippen LogP contribution in [0.1, 0.15) is 23.7 Å². The van der Waals surface area contributed by atoms with Gasteiger partial charge in [0.1, 0.15) is 5.75 Å². The minimum atomic E-state index is 0.159. The summed E-state index contributed by atoms with van der Waals surface area (Å²) in [7, 11) is 1.68. The Labute approximate surface area is 147 Å². The number of hydrazone groups is 1. The van der Waals surface area contributed by atoms with Gasteiger partial charge >= 0.3 is 0 Å². The number of ether oxygens (including phenoxy) is 1. The fourth-order valence-electron chi connectivity index (χ4n) is 3.11. The molecule has 124 valence electrons. The number of benzene rings is 2. The topological polar surface area (TPSA) is 37.7 Å². The molecule has 2 aromatic carbocycles. The largest absolute Gasteiger partial charge is 0.497 e. The van der Waals surface area contributed by atoms with Crippen molar-refractivity contribution >= 4 is 11.4 Å². The molecule has 0 saturated carbocycles. The molecule has 0 bridgehead atoms. The van der Waals surface area contributed by atoms with Gasteiger partial charge in [0.05, 0.1) is 30.2 Å². The third-order valence-corrected chi connectivity index (χ3v) is 4.39. The molecule has 1 aliphatic rings. The lowest BCUT2D eigenvalue weighted by Crippen LogP contribution is -2.18. The zero-order chi connectivity index (χ0) is 17.1. The highest BCUT2D eigenvalue weighted by Gasteiger charge is 2.30. The molecule has 4 nitrogen and oxygen atoms in total. The minimum Gasteiger partial charge on any atom is -0.497 e. The maximum absolute atomic E-state index is 5.27. The fourth-order valence-corrected chi connectivity index (χ4v) is 3.11. The first-order valence-electron chi connectivity index (χ1n) is 8.32. The standard InChI is InChI=1S/C21H19N3O/c1-25-18-12-10-17(11-13-18)24-21(16-7-3-2-4-8-16)15-20(23-24)19-9-5-6-14-22-19/h2-14,21H,15H2,1H3. The quantitative estimate of drug-likeness (QED) is 0.710. The third kappa shape index (κ3) is 3.11. The van der Waals surface area contributed by atoms with Crippen molar-refractivity contribution in [2.75, 3.05) is 12.1 Å². The highest BCUT2D eigenvalue weighted by atomic mass is 16.5. The van der Waals surface area contributed by atoms with Crippen LogP contribution < -0.4 is 9.75 Å². The summed E-state index contributed by atoms with van der Waals surface area (Å²) < 4.78 is 5.27. The summed E-state index contributed by atoms with van der Waals surface area (Å²) in [5.41, 5.74) is 4.22. The van der Waals surface area contributed by atoms with Crippen LogP contribution in [0, 0.1) is 0 Å². The van der Waals surface area contributed by atoms with Crippen molar-refractivity contribution in [1.82, 2.24) is 4.98 Å². The number of anilines is 1. The monoisotopic (exact) mass is 329 g/mol. The van der Waals surface area contributed by atoms with Crippen LogP contribution >= 0.6 is 0 Å². The van der Waals surface area contributed by atoms with Gasteiger partial charge in [-0.3, -0.25) is 9.99 Å². The molecule has 1 aromatic heterocycles. The summed E-state index contributed by atoms with van der Waals surface area (Å²) in [6.45, 7) is 0. The van der Waals surface area contributed by atoms with Gasteiger partial charge in [0.25, 0.3) is 0 Å². The molecule has 25 heavy (non-hydrogen) atoms. The van der Waals surface area contributed by atoms with E-state index in [1.165, 1.54) is 5.56 Å². The van der Waals surface area contributed by atoms with E-state index in [2.05, 4.69) is 34.3 Å². The highest BCUT2D eigenvalue weighted by molar-refractivity contribution is 6.01. The van der Waals surface area contributed by atoms with Crippen molar-refractivity contribution in [3.63, 3.8) is 0 Å². The Morgan fingerprint density at radius 2 is 1.68 bits per heavy atom. The number of pyridine rings is 1. The lowest BCUT2D eigenvalue weighted by molar-refractivity contribution is 0.415. The normalized spacial score (nSPS) is 16.6. The molecule has 0 spiro atoms. The zero-order valence-corrected chi connectivity index (χ0v) is 14.0. The second-order valence-corrected chi connectivity index (χ2v) is 5.93. The van der Waals surface area contributed by atoms with E-state index in [1.807, 2.05) is 54.7 Å². The Morgan fingerprint density at radius 3 is 2.36 bits per heavy atom. The summed E-state index contributed by atoms with van der Waals surface area (Å²) in [5.74, 6) is 0.841. The maximum atomic E-state index is 5.27. The molecule has 4 heteroatoms. The van der Waals surface area contributed by atoms with Crippen LogP contribution in [0.5, 0.6) is 5.75 Å². The van der Waals surface area contributed by atoms with Crippen LogP contribution in [-0.4, -0.2) is 17.8 Å². The van der Waals surface area contributed by atoms with Crippen molar-refractivity contribution in [1.29, 1.82) is 0 Å². The molecule has 0 fully saturated rings. The first-order valence-corrected chi connectivity index (χ1v) is 8.32. The SMILES string of the molecule is COc1ccc(N2N=C(c3ccccn3)CC2c2ccccc2)cc1. The predicted molar refractivity (Wildman–Crippen MR) is 100 cm³/mol. The van der Waals surface area contributed by atoms with Crippen molar-refractivity contribution in [3.05, 3.63) is 90.3 Å². The van der Waals surface area contributed by atoms with Crippen molar-refractivity contribution in [3.8, 4) is 5.75 Å². The number of aromatic nitrogens is 1. The second kappa shape index (κ2) is 6.77. The Balaban J connectivity index is 1.73. The van der Waals surface area contributed by atoms with Crippen LogP contribution in [-0.2, 0) is 0 Å². The molecule has 0 radical (unpaired) electrons. The predicted octanol–water partition coefficient (Wildman–Crippen LogP) is 4.45. The summed E-state index contributed by atoms with van der Waals surface area (Å²) in [5, 5.41) is 6.97. The zero-order valence-electron chi connectivity index (χ0n) is 14.0. The van der Waals surface area contributed by atoms with Gasteiger partial charge in [0.15, 0.2) is 0 Å². The molecular weight excluding hydrogens is 310 g/mol. The fraction of sp³-hybridized carbons (Fsp3) is 0.143. The first kappa shape index (κ1) is 15.4. The van der Waals surface area contributed by atoms with Gasteiger partial charge in [0.2, 0.25) is 0 Å². The van der Waals surface area contributed by atoms with E-state index in [4.69, 9.17) is 9.84 Å². The smallest absolute Gasteiger partial charge is 0.119 e. The van der Waals surface area contributed by atoms with E-state index in [0.29, 0.717) is 0 Å². The van der Waals surface area contributed by atoms with Gasteiger partial charge in [-0.05, 0) is 42.0 Å². The summed E-state index contributed by atoms with van der Waals surface area (Å²) in [4.78, 5) is 4.47. The molecule has 1 atom stereocenters. The molecule has 3 aromatic rings. The summed E-state index contributed by atoms with van der Waals surface area (Å²) >= 11 is 0. The summed E-state index contributed by atoms with van der Waals surface area (Å²) in [6, 6.07) is 24.6. The van der Waals surface area contributed by atoms with Crippen LogP contribution in [0.15, 0.2) is 84.1 Å². The lowest BCUT2D eigenvalue weighted by Gasteiger charge is -2.24. The van der Waals surface area contributed by atoms with Gasteiger partial charge in [-0.25, -0.2) is 0 Å². The Morgan fingerprint density at radius 1 is 0.920 bits per heavy atom. The van der Waals surface area contributed by atoms with E-state index in [1.54, 1.807) is 7.11 Å². The molecule has 1 unspecified atom stereocenters. The van der Waals surface area contributed by atoms with Crippen molar-refractivity contribution in [2.24, 2.45) is 5.10 Å². The molecule has 0 N–H and O–H groups in total. The Bertz CT molecular complexity index is 861. The first-order chi connectivity index (χ1) is 12.3.